The van der Waals surface area contributed by atoms with Crippen molar-refractivity contribution in [1.29, 1.82) is 0 Å². The Morgan fingerprint density at radius 2 is 2.00 bits per heavy atom. The average molecular weight is 180 g/mol. The molecule has 5 nitrogen and oxygen atoms in total. The van der Waals surface area contributed by atoms with Crippen LogP contribution in [0.25, 0.3) is 0 Å². The standard InChI is InChI=1S/C8H8N2O3/c11-7(8(12)13)10-5-6-1-3-9-4-2-6/h1-4H,5H2,(H,10,11)(H,12,13). The molecule has 1 aromatic rings. The summed E-state index contributed by atoms with van der Waals surface area (Å²) in [6, 6.07) is 3.39. The van der Waals surface area contributed by atoms with Gasteiger partial charge in [-0.15, -0.1) is 0 Å². The molecule has 0 saturated heterocycles. The molecule has 1 rings (SSSR count). The van der Waals surface area contributed by atoms with Crippen LogP contribution in [0.4, 0.5) is 0 Å². The lowest BCUT2D eigenvalue weighted by Gasteiger charge is -2.00. The summed E-state index contributed by atoms with van der Waals surface area (Å²) in [4.78, 5) is 24.5. The summed E-state index contributed by atoms with van der Waals surface area (Å²) in [5.41, 5.74) is 0.810. The highest BCUT2D eigenvalue weighted by molar-refractivity contribution is 6.31. The van der Waals surface area contributed by atoms with Gasteiger partial charge < -0.3 is 10.4 Å². The molecule has 1 aromatic heterocycles. The second-order valence-electron chi connectivity index (χ2n) is 2.34. The van der Waals surface area contributed by atoms with Crippen molar-refractivity contribution in [3.05, 3.63) is 30.1 Å². The van der Waals surface area contributed by atoms with E-state index < -0.39 is 11.9 Å². The zero-order valence-corrected chi connectivity index (χ0v) is 6.73. The number of carboxylic acids is 1. The van der Waals surface area contributed by atoms with Crippen molar-refractivity contribution >= 4 is 11.9 Å². The molecule has 68 valence electrons. The van der Waals surface area contributed by atoms with Gasteiger partial charge in [0.05, 0.1) is 0 Å². The number of aliphatic carboxylic acids is 1. The molecular weight excluding hydrogens is 172 g/mol. The number of nitrogens with zero attached hydrogens (tertiary/aromatic N) is 1. The molecule has 2 N–H and O–H groups in total. The van der Waals surface area contributed by atoms with Crippen LogP contribution in [-0.4, -0.2) is 22.0 Å². The maximum atomic E-state index is 10.6. The van der Waals surface area contributed by atoms with Crippen LogP contribution in [0.1, 0.15) is 5.56 Å². The first-order valence-electron chi connectivity index (χ1n) is 3.60. The summed E-state index contributed by atoms with van der Waals surface area (Å²) < 4.78 is 0. The van der Waals surface area contributed by atoms with E-state index in [4.69, 9.17) is 5.11 Å². The molecule has 1 amide bonds. The van der Waals surface area contributed by atoms with Crippen LogP contribution in [0.5, 0.6) is 0 Å². The number of carboxylic acid groups (broad SMARTS) is 1. The van der Waals surface area contributed by atoms with Gasteiger partial charge in [0.25, 0.3) is 0 Å². The smallest absolute Gasteiger partial charge is 0.394 e. The van der Waals surface area contributed by atoms with Crippen LogP contribution in [0.3, 0.4) is 0 Å². The third-order valence-electron chi connectivity index (χ3n) is 1.40. The molecular formula is C8H8N2O3. The molecule has 1 heterocycles. The van der Waals surface area contributed by atoms with Crippen molar-refractivity contribution in [3.63, 3.8) is 0 Å². The minimum absolute atomic E-state index is 0.202. The topological polar surface area (TPSA) is 79.3 Å². The number of nitrogens with one attached hydrogen (secondary N) is 1. The highest BCUT2D eigenvalue weighted by Crippen LogP contribution is 1.94. The van der Waals surface area contributed by atoms with Crippen molar-refractivity contribution in [3.8, 4) is 0 Å². The van der Waals surface area contributed by atoms with Crippen molar-refractivity contribution in [1.82, 2.24) is 10.3 Å². The summed E-state index contributed by atoms with van der Waals surface area (Å²) in [5, 5.41) is 10.5. The highest BCUT2D eigenvalue weighted by Gasteiger charge is 2.09. The van der Waals surface area contributed by atoms with E-state index in [1.54, 1.807) is 24.5 Å². The third-order valence-corrected chi connectivity index (χ3v) is 1.40. The first-order chi connectivity index (χ1) is 6.20. The van der Waals surface area contributed by atoms with E-state index in [9.17, 15) is 9.59 Å². The summed E-state index contributed by atoms with van der Waals surface area (Å²) in [6.07, 6.45) is 3.14. The SMILES string of the molecule is O=C(O)C(=O)NCc1ccncc1. The van der Waals surface area contributed by atoms with Crippen LogP contribution in [0, 0.1) is 0 Å². The number of hydrogen-bond donors (Lipinski definition) is 2. The van der Waals surface area contributed by atoms with E-state index in [2.05, 4.69) is 10.3 Å². The minimum Gasteiger partial charge on any atom is -0.474 e. The first kappa shape index (κ1) is 9.18. The Morgan fingerprint density at radius 3 is 2.54 bits per heavy atom. The lowest BCUT2D eigenvalue weighted by atomic mass is 10.3. The minimum atomic E-state index is -1.48. The summed E-state index contributed by atoms with van der Waals surface area (Å²) in [5.74, 6) is -2.48. The van der Waals surface area contributed by atoms with E-state index in [-0.39, 0.29) is 6.54 Å². The summed E-state index contributed by atoms with van der Waals surface area (Å²) in [6.45, 7) is 0.202. The lowest BCUT2D eigenvalue weighted by Crippen LogP contribution is -2.29. The number of carbonyl (C=O) groups excluding carboxylic acids is 1. The van der Waals surface area contributed by atoms with Gasteiger partial charge in [-0.1, -0.05) is 0 Å². The van der Waals surface area contributed by atoms with Gasteiger partial charge in [0, 0.05) is 18.9 Å². The number of pyridine rings is 1. The third kappa shape index (κ3) is 2.90. The number of aromatic nitrogens is 1. The molecule has 0 aliphatic rings. The molecule has 0 aliphatic carbocycles. The Morgan fingerprint density at radius 1 is 1.38 bits per heavy atom. The molecule has 0 bridgehead atoms. The van der Waals surface area contributed by atoms with Crippen molar-refractivity contribution in [2.75, 3.05) is 0 Å². The summed E-state index contributed by atoms with van der Waals surface area (Å²) in [7, 11) is 0. The van der Waals surface area contributed by atoms with Crippen LogP contribution in [0.2, 0.25) is 0 Å². The highest BCUT2D eigenvalue weighted by atomic mass is 16.4. The van der Waals surface area contributed by atoms with E-state index in [0.717, 1.165) is 5.56 Å². The van der Waals surface area contributed by atoms with Crippen LogP contribution < -0.4 is 5.32 Å². The predicted octanol–water partition coefficient (Wildman–Crippen LogP) is -0.218. The predicted molar refractivity (Wildman–Crippen MR) is 43.7 cm³/mol. The maximum Gasteiger partial charge on any atom is 0.394 e. The van der Waals surface area contributed by atoms with E-state index in [0.29, 0.717) is 0 Å². The Bertz CT molecular complexity index is 310. The van der Waals surface area contributed by atoms with Gasteiger partial charge in [-0.3, -0.25) is 9.78 Å². The quantitative estimate of drug-likeness (QED) is 0.617. The van der Waals surface area contributed by atoms with Crippen LogP contribution >= 0.6 is 0 Å². The zero-order valence-electron chi connectivity index (χ0n) is 6.73. The van der Waals surface area contributed by atoms with Gasteiger partial charge in [0.2, 0.25) is 0 Å². The van der Waals surface area contributed by atoms with Gasteiger partial charge in [-0.2, -0.15) is 0 Å². The lowest BCUT2D eigenvalue weighted by molar-refractivity contribution is -0.150. The maximum absolute atomic E-state index is 10.6. The fourth-order valence-electron chi connectivity index (χ4n) is 0.759. The Balaban J connectivity index is 2.44. The van der Waals surface area contributed by atoms with Crippen molar-refractivity contribution < 1.29 is 14.7 Å². The van der Waals surface area contributed by atoms with E-state index >= 15 is 0 Å². The van der Waals surface area contributed by atoms with Gasteiger partial charge >= 0.3 is 11.9 Å². The molecule has 13 heavy (non-hydrogen) atoms. The fraction of sp³-hybridized carbons (Fsp3) is 0.125. The zero-order chi connectivity index (χ0) is 9.68. The van der Waals surface area contributed by atoms with Gasteiger partial charge in [-0.25, -0.2) is 4.79 Å². The van der Waals surface area contributed by atoms with Crippen molar-refractivity contribution in [2.24, 2.45) is 0 Å². The number of rotatable bonds is 2. The Hall–Kier alpha value is -1.91. The van der Waals surface area contributed by atoms with Gasteiger partial charge in [0.15, 0.2) is 0 Å². The normalized spacial score (nSPS) is 9.23. The second kappa shape index (κ2) is 4.20. The molecule has 5 heteroatoms. The van der Waals surface area contributed by atoms with Crippen molar-refractivity contribution in [2.45, 2.75) is 6.54 Å². The molecule has 0 fully saturated rings. The molecule has 0 unspecified atom stereocenters. The number of hydrogen-bond acceptors (Lipinski definition) is 3. The molecule has 0 aliphatic heterocycles. The first-order valence-corrected chi connectivity index (χ1v) is 3.60. The average Bonchev–Trinajstić information content (AvgIpc) is 2.15. The van der Waals surface area contributed by atoms with Crippen LogP contribution in [0.15, 0.2) is 24.5 Å². The van der Waals surface area contributed by atoms with Gasteiger partial charge in [0.1, 0.15) is 0 Å². The van der Waals surface area contributed by atoms with E-state index in [1.165, 1.54) is 0 Å². The van der Waals surface area contributed by atoms with Crippen LogP contribution in [-0.2, 0) is 16.1 Å². The second-order valence-corrected chi connectivity index (χ2v) is 2.34. The molecule has 0 saturated carbocycles. The molecule has 0 atom stereocenters. The van der Waals surface area contributed by atoms with Gasteiger partial charge in [-0.05, 0) is 17.7 Å². The number of carbonyl (C=O) groups is 2. The molecule has 0 aromatic carbocycles. The van der Waals surface area contributed by atoms with E-state index in [1.807, 2.05) is 0 Å². The number of amides is 1. The largest absolute Gasteiger partial charge is 0.474 e. The fourth-order valence-corrected chi connectivity index (χ4v) is 0.759. The summed E-state index contributed by atoms with van der Waals surface area (Å²) >= 11 is 0. The Kier molecular flexibility index (Phi) is 2.97. The monoisotopic (exact) mass is 180 g/mol. The Labute approximate surface area is 74.4 Å². The molecule has 0 radical (unpaired) electrons. The molecule has 0 spiro atoms.